The maximum atomic E-state index is 11.7. The highest BCUT2D eigenvalue weighted by Gasteiger charge is 2.09. The molecule has 0 saturated carbocycles. The van der Waals surface area contributed by atoms with Gasteiger partial charge in [-0.2, -0.15) is 0 Å². The van der Waals surface area contributed by atoms with Crippen LogP contribution in [0.15, 0.2) is 53.5 Å². The molecule has 0 amide bonds. The topological polar surface area (TPSA) is 82.6 Å². The lowest BCUT2D eigenvalue weighted by Gasteiger charge is -2.14. The van der Waals surface area contributed by atoms with E-state index in [9.17, 15) is 8.42 Å². The van der Waals surface area contributed by atoms with E-state index >= 15 is 0 Å². The number of halogens is 1. The molecule has 0 bridgehead atoms. The van der Waals surface area contributed by atoms with Gasteiger partial charge in [-0.05, 0) is 35.7 Å². The van der Waals surface area contributed by atoms with Crippen LogP contribution in [-0.4, -0.2) is 28.5 Å². The predicted octanol–water partition coefficient (Wildman–Crippen LogP) is 2.78. The largest absolute Gasteiger partial charge is 0.352 e. The second-order valence-corrected chi connectivity index (χ2v) is 8.11. The Balaban J connectivity index is 0.00000392. The van der Waals surface area contributed by atoms with Crippen molar-refractivity contribution < 1.29 is 8.42 Å². The molecule has 0 unspecified atom stereocenters. The van der Waals surface area contributed by atoms with E-state index in [1.165, 1.54) is 18.2 Å². The molecule has 2 rings (SSSR count). The number of rotatable bonds is 8. The molecule has 0 aliphatic heterocycles. The fraction of sp³-hybridized carbons (Fsp3) is 0.350. The lowest BCUT2D eigenvalue weighted by molar-refractivity contribution is 0.587. The zero-order valence-electron chi connectivity index (χ0n) is 16.5. The first-order chi connectivity index (χ1) is 13.0. The molecule has 0 atom stereocenters. The number of hydrogen-bond acceptors (Lipinski definition) is 3. The van der Waals surface area contributed by atoms with Crippen LogP contribution in [0, 0.1) is 0 Å². The van der Waals surface area contributed by atoms with Gasteiger partial charge in [-0.3, -0.25) is 4.99 Å². The van der Waals surface area contributed by atoms with E-state index in [0.29, 0.717) is 19.0 Å². The molecule has 3 N–H and O–H groups in total. The Morgan fingerprint density at radius 1 is 0.964 bits per heavy atom. The third kappa shape index (κ3) is 7.76. The monoisotopic (exact) mass is 516 g/mol. The fourth-order valence-corrected chi connectivity index (χ4v) is 3.54. The van der Waals surface area contributed by atoms with E-state index < -0.39 is 10.0 Å². The molecule has 0 fully saturated rings. The molecule has 2 aromatic rings. The van der Waals surface area contributed by atoms with Crippen LogP contribution in [-0.2, 0) is 35.3 Å². The summed E-state index contributed by atoms with van der Waals surface area (Å²) in [7, 11) is -0.121. The van der Waals surface area contributed by atoms with Crippen LogP contribution >= 0.6 is 24.0 Å². The van der Waals surface area contributed by atoms with Gasteiger partial charge in [0.25, 0.3) is 0 Å². The lowest BCUT2D eigenvalue weighted by atomic mass is 10.1. The summed E-state index contributed by atoms with van der Waals surface area (Å²) in [5, 5.41) is 6.60. The molecule has 0 saturated heterocycles. The highest BCUT2D eigenvalue weighted by molar-refractivity contribution is 14.0. The lowest BCUT2D eigenvalue weighted by Crippen LogP contribution is -2.36. The van der Waals surface area contributed by atoms with Crippen LogP contribution in [0.5, 0.6) is 0 Å². The van der Waals surface area contributed by atoms with Crippen molar-refractivity contribution in [3.63, 3.8) is 0 Å². The van der Waals surface area contributed by atoms with E-state index in [2.05, 4.69) is 45.5 Å². The summed E-state index contributed by atoms with van der Waals surface area (Å²) in [6, 6.07) is 15.9. The number of aryl methyl sites for hydroxylation is 1. The maximum absolute atomic E-state index is 11.7. The second-order valence-electron chi connectivity index (χ2n) is 6.18. The molecule has 0 aromatic heterocycles. The number of nitrogens with zero attached hydrogens (tertiary/aromatic N) is 1. The highest BCUT2D eigenvalue weighted by atomic mass is 127. The number of hydrogen-bond donors (Lipinski definition) is 3. The van der Waals surface area contributed by atoms with Crippen molar-refractivity contribution in [1.29, 1.82) is 0 Å². The smallest absolute Gasteiger partial charge is 0.215 e. The molecule has 0 aliphatic rings. The summed E-state index contributed by atoms with van der Waals surface area (Å²) < 4.78 is 25.8. The number of benzene rings is 2. The van der Waals surface area contributed by atoms with Gasteiger partial charge in [-0.15, -0.1) is 24.0 Å². The summed E-state index contributed by atoms with van der Waals surface area (Å²) in [5.74, 6) is 0.673. The third-order valence-corrected chi connectivity index (χ3v) is 5.62. The Morgan fingerprint density at radius 3 is 2.25 bits per heavy atom. The number of guanidine groups is 1. The fourth-order valence-electron chi connectivity index (χ4n) is 2.78. The van der Waals surface area contributed by atoms with Crippen molar-refractivity contribution in [3.05, 3.63) is 70.8 Å². The van der Waals surface area contributed by atoms with Crippen LogP contribution in [0.25, 0.3) is 0 Å². The first kappa shape index (κ1) is 24.4. The Morgan fingerprint density at radius 2 is 1.61 bits per heavy atom. The Bertz CT molecular complexity index is 885. The molecule has 0 heterocycles. The quantitative estimate of drug-likeness (QED) is 0.287. The van der Waals surface area contributed by atoms with Gasteiger partial charge in [0.1, 0.15) is 0 Å². The summed E-state index contributed by atoms with van der Waals surface area (Å²) in [5.41, 5.74) is 4.32. The van der Waals surface area contributed by atoms with E-state index in [4.69, 9.17) is 0 Å². The molecule has 2 aromatic carbocycles. The van der Waals surface area contributed by atoms with E-state index in [1.54, 1.807) is 7.05 Å². The average molecular weight is 516 g/mol. The maximum Gasteiger partial charge on any atom is 0.215 e. The zero-order valence-corrected chi connectivity index (χ0v) is 19.7. The van der Waals surface area contributed by atoms with Crippen LogP contribution < -0.4 is 15.4 Å². The minimum Gasteiger partial charge on any atom is -0.352 e. The standard InChI is InChI=1S/C20H28N4O2S.HI/c1-4-18-10-5-6-11-19(18)14-24-20(21-2)23-13-16-8-7-9-17(12-16)15-27(25,26)22-3;/h5-12,22H,4,13-15H2,1-3H3,(H2,21,23,24);1H. The molecule has 0 spiro atoms. The second kappa shape index (κ2) is 12.0. The predicted molar refractivity (Wildman–Crippen MR) is 126 cm³/mol. The van der Waals surface area contributed by atoms with Crippen molar-refractivity contribution in [2.24, 2.45) is 4.99 Å². The number of nitrogens with one attached hydrogen (secondary N) is 3. The molecule has 28 heavy (non-hydrogen) atoms. The molecular weight excluding hydrogens is 487 g/mol. The zero-order chi connectivity index (χ0) is 19.7. The van der Waals surface area contributed by atoms with Crippen molar-refractivity contribution >= 4 is 40.0 Å². The minimum atomic E-state index is -3.28. The first-order valence-electron chi connectivity index (χ1n) is 8.97. The first-order valence-corrected chi connectivity index (χ1v) is 10.6. The van der Waals surface area contributed by atoms with Gasteiger partial charge in [0.2, 0.25) is 10.0 Å². The summed E-state index contributed by atoms with van der Waals surface area (Å²) >= 11 is 0. The van der Waals surface area contributed by atoms with Gasteiger partial charge in [0.15, 0.2) is 5.96 Å². The summed E-state index contributed by atoms with van der Waals surface area (Å²) in [4.78, 5) is 4.26. The van der Waals surface area contributed by atoms with Gasteiger partial charge in [-0.25, -0.2) is 13.1 Å². The molecule has 0 aliphatic carbocycles. The van der Waals surface area contributed by atoms with Crippen molar-refractivity contribution in [1.82, 2.24) is 15.4 Å². The summed E-state index contributed by atoms with van der Waals surface area (Å²) in [6.07, 6.45) is 0.992. The van der Waals surface area contributed by atoms with Crippen LogP contribution in [0.3, 0.4) is 0 Å². The Hall–Kier alpha value is -1.65. The van der Waals surface area contributed by atoms with Crippen molar-refractivity contribution in [2.45, 2.75) is 32.2 Å². The SMILES string of the molecule is CCc1ccccc1CNC(=NC)NCc1cccc(CS(=O)(=O)NC)c1.I. The normalized spacial score (nSPS) is 11.6. The van der Waals surface area contributed by atoms with Gasteiger partial charge >= 0.3 is 0 Å². The number of sulfonamides is 1. The molecular formula is C20H29IN4O2S. The molecule has 154 valence electrons. The number of aliphatic imine (C=N–C) groups is 1. The van der Waals surface area contributed by atoms with Crippen molar-refractivity contribution in [2.75, 3.05) is 14.1 Å². The molecule has 8 heteroatoms. The van der Waals surface area contributed by atoms with Crippen LogP contribution in [0.1, 0.15) is 29.2 Å². The van der Waals surface area contributed by atoms with Crippen molar-refractivity contribution in [3.8, 4) is 0 Å². The minimum absolute atomic E-state index is 0. The average Bonchev–Trinajstić information content (AvgIpc) is 2.68. The molecule has 6 nitrogen and oxygen atoms in total. The highest BCUT2D eigenvalue weighted by Crippen LogP contribution is 2.10. The van der Waals surface area contributed by atoms with E-state index in [1.807, 2.05) is 30.3 Å². The summed E-state index contributed by atoms with van der Waals surface area (Å²) in [6.45, 7) is 3.40. The van der Waals surface area contributed by atoms with Crippen LogP contribution in [0.2, 0.25) is 0 Å². The van der Waals surface area contributed by atoms with Crippen LogP contribution in [0.4, 0.5) is 0 Å². The van der Waals surface area contributed by atoms with Gasteiger partial charge in [0, 0.05) is 20.1 Å². The van der Waals surface area contributed by atoms with Gasteiger partial charge in [-0.1, -0.05) is 55.5 Å². The van der Waals surface area contributed by atoms with Gasteiger partial charge < -0.3 is 10.6 Å². The Kier molecular flexibility index (Phi) is 10.5. The van der Waals surface area contributed by atoms with E-state index in [0.717, 1.165) is 17.5 Å². The van der Waals surface area contributed by atoms with E-state index in [-0.39, 0.29) is 29.7 Å². The Labute approximate surface area is 185 Å². The molecule has 0 radical (unpaired) electrons. The third-order valence-electron chi connectivity index (χ3n) is 4.29. The van der Waals surface area contributed by atoms with Gasteiger partial charge in [0.05, 0.1) is 5.75 Å².